The highest BCUT2D eigenvalue weighted by Crippen LogP contribution is 2.41. The van der Waals surface area contributed by atoms with E-state index in [1.54, 1.807) is 24.7 Å². The second-order valence-electron chi connectivity index (χ2n) is 7.96. The first-order valence-electron chi connectivity index (χ1n) is 9.88. The normalized spacial score (nSPS) is 16.1. The number of anilines is 2. The molecule has 30 heavy (non-hydrogen) atoms. The molecule has 0 spiro atoms. The third-order valence-electron chi connectivity index (χ3n) is 5.04. The Kier molecular flexibility index (Phi) is 6.23. The van der Waals surface area contributed by atoms with Crippen molar-refractivity contribution >= 4 is 11.8 Å². The lowest BCUT2D eigenvalue weighted by Crippen LogP contribution is -2.46. The summed E-state index contributed by atoms with van der Waals surface area (Å²) in [5.41, 5.74) is 4.81. The number of halogens is 3. The summed E-state index contributed by atoms with van der Waals surface area (Å²) in [6.07, 6.45) is -3.04. The van der Waals surface area contributed by atoms with Crippen LogP contribution in [0.15, 0.2) is 6.20 Å². The number of nitrogen functional groups attached to an aromatic ring is 1. The van der Waals surface area contributed by atoms with Crippen LogP contribution in [0.1, 0.15) is 32.0 Å². The molecule has 2 aromatic heterocycles. The molecule has 8 nitrogen and oxygen atoms in total. The molecule has 2 aromatic rings. The van der Waals surface area contributed by atoms with Crippen LogP contribution in [0, 0.1) is 6.92 Å². The number of hydrogen-bond donors (Lipinski definition) is 2. The molecule has 3 N–H and O–H groups in total. The molecule has 0 saturated carbocycles. The Morgan fingerprint density at radius 1 is 1.20 bits per heavy atom. The number of aromatic nitrogens is 4. The van der Waals surface area contributed by atoms with E-state index in [4.69, 9.17) is 10.5 Å². The van der Waals surface area contributed by atoms with Crippen molar-refractivity contribution in [3.8, 4) is 11.3 Å². The average molecular weight is 427 g/mol. The van der Waals surface area contributed by atoms with E-state index in [0.717, 1.165) is 13.1 Å². The Bertz CT molecular complexity index is 889. The van der Waals surface area contributed by atoms with E-state index in [1.165, 1.54) is 0 Å². The van der Waals surface area contributed by atoms with Gasteiger partial charge in [-0.25, -0.2) is 4.98 Å². The van der Waals surface area contributed by atoms with Crippen LogP contribution >= 0.6 is 0 Å². The minimum atomic E-state index is -4.65. The van der Waals surface area contributed by atoms with Gasteiger partial charge in [-0.2, -0.15) is 23.3 Å². The van der Waals surface area contributed by atoms with Crippen LogP contribution in [-0.2, 0) is 16.5 Å². The first kappa shape index (κ1) is 22.3. The Morgan fingerprint density at radius 3 is 2.47 bits per heavy atom. The molecule has 0 radical (unpaired) electrons. The van der Waals surface area contributed by atoms with Gasteiger partial charge in [0.2, 0.25) is 5.95 Å². The summed E-state index contributed by atoms with van der Waals surface area (Å²) in [6, 6.07) is 0. The second kappa shape index (κ2) is 8.38. The average Bonchev–Trinajstić information content (AvgIpc) is 3.03. The van der Waals surface area contributed by atoms with Gasteiger partial charge in [-0.3, -0.25) is 9.58 Å². The van der Waals surface area contributed by atoms with E-state index >= 15 is 0 Å². The molecule has 0 atom stereocenters. The van der Waals surface area contributed by atoms with Crippen molar-refractivity contribution in [3.05, 3.63) is 17.5 Å². The summed E-state index contributed by atoms with van der Waals surface area (Å²) in [5.74, 6) is -0.555. The fraction of sp³-hybridized carbons (Fsp3) is 0.632. The number of hydrogen-bond acceptors (Lipinski definition) is 7. The van der Waals surface area contributed by atoms with Crippen molar-refractivity contribution < 1.29 is 17.9 Å². The largest absolute Gasteiger partial charge is 0.422 e. The van der Waals surface area contributed by atoms with Gasteiger partial charge in [0.25, 0.3) is 0 Å². The Balaban J connectivity index is 2.04. The standard InChI is InChI=1S/C19H28F3N7O/c1-5-24-16-14(19(20,21)22)15(25-17(23)26-16)13-10-29(27-12(13)2)18(3,4)11-28-6-8-30-9-7-28/h10H,5-9,11H2,1-4H3,(H3,23,24,25,26). The summed E-state index contributed by atoms with van der Waals surface area (Å²) >= 11 is 0. The number of nitrogens with two attached hydrogens (primary N) is 1. The number of nitrogens with one attached hydrogen (secondary N) is 1. The predicted molar refractivity (Wildman–Crippen MR) is 108 cm³/mol. The lowest BCUT2D eigenvalue weighted by molar-refractivity contribution is -0.136. The van der Waals surface area contributed by atoms with Gasteiger partial charge in [-0.05, 0) is 27.7 Å². The highest BCUT2D eigenvalue weighted by atomic mass is 19.4. The van der Waals surface area contributed by atoms with Crippen LogP contribution < -0.4 is 11.1 Å². The lowest BCUT2D eigenvalue weighted by atomic mass is 10.0. The number of morpholine rings is 1. The summed E-state index contributed by atoms with van der Waals surface area (Å²) in [6.45, 7) is 11.3. The number of nitrogens with zero attached hydrogens (tertiary/aromatic N) is 5. The van der Waals surface area contributed by atoms with E-state index in [-0.39, 0.29) is 29.6 Å². The van der Waals surface area contributed by atoms with Crippen LogP contribution in [0.3, 0.4) is 0 Å². The van der Waals surface area contributed by atoms with Crippen molar-refractivity contribution in [1.82, 2.24) is 24.6 Å². The first-order chi connectivity index (χ1) is 14.0. The third-order valence-corrected chi connectivity index (χ3v) is 5.04. The summed E-state index contributed by atoms with van der Waals surface area (Å²) in [7, 11) is 0. The molecule has 0 amide bonds. The third kappa shape index (κ3) is 4.67. The van der Waals surface area contributed by atoms with Crippen molar-refractivity contribution in [3.63, 3.8) is 0 Å². The first-order valence-corrected chi connectivity index (χ1v) is 9.88. The highest BCUT2D eigenvalue weighted by molar-refractivity contribution is 5.72. The number of alkyl halides is 3. The van der Waals surface area contributed by atoms with Gasteiger partial charge < -0.3 is 15.8 Å². The molecule has 166 valence electrons. The Labute approximate surface area is 173 Å². The zero-order valence-corrected chi connectivity index (χ0v) is 17.7. The van der Waals surface area contributed by atoms with Crippen LogP contribution in [0.2, 0.25) is 0 Å². The van der Waals surface area contributed by atoms with Gasteiger partial charge in [-0.15, -0.1) is 0 Å². The SMILES string of the molecule is CCNc1nc(N)nc(-c2cn(C(C)(C)CN3CCOCC3)nc2C)c1C(F)(F)F. The Hall–Kier alpha value is -2.40. The van der Waals surface area contributed by atoms with Crippen LogP contribution in [0.4, 0.5) is 24.9 Å². The van der Waals surface area contributed by atoms with Crippen molar-refractivity contribution in [2.45, 2.75) is 39.4 Å². The zero-order valence-electron chi connectivity index (χ0n) is 17.7. The number of rotatable bonds is 6. The molecule has 0 unspecified atom stereocenters. The molecule has 1 saturated heterocycles. The summed E-state index contributed by atoms with van der Waals surface area (Å²) in [5, 5.41) is 7.17. The minimum Gasteiger partial charge on any atom is -0.379 e. The molecule has 1 aliphatic heterocycles. The maximum Gasteiger partial charge on any atom is 0.422 e. The maximum absolute atomic E-state index is 13.9. The molecule has 0 aliphatic carbocycles. The molecule has 3 heterocycles. The summed E-state index contributed by atoms with van der Waals surface area (Å²) in [4.78, 5) is 9.98. The molecular weight excluding hydrogens is 399 g/mol. The zero-order chi connectivity index (χ0) is 22.1. The van der Waals surface area contributed by atoms with Crippen LogP contribution in [0.25, 0.3) is 11.3 Å². The highest BCUT2D eigenvalue weighted by Gasteiger charge is 2.40. The van der Waals surface area contributed by atoms with E-state index in [2.05, 4.69) is 25.3 Å². The smallest absolute Gasteiger partial charge is 0.379 e. The summed E-state index contributed by atoms with van der Waals surface area (Å²) < 4.78 is 48.9. The van der Waals surface area contributed by atoms with Crippen molar-refractivity contribution in [2.75, 3.05) is 50.4 Å². The van der Waals surface area contributed by atoms with Gasteiger partial charge in [0.15, 0.2) is 0 Å². The fourth-order valence-electron chi connectivity index (χ4n) is 3.62. The van der Waals surface area contributed by atoms with Crippen molar-refractivity contribution in [2.24, 2.45) is 0 Å². The van der Waals surface area contributed by atoms with E-state index in [1.807, 2.05) is 13.8 Å². The van der Waals surface area contributed by atoms with E-state index < -0.39 is 17.3 Å². The predicted octanol–water partition coefficient (Wildman–Crippen LogP) is 2.75. The lowest BCUT2D eigenvalue weighted by Gasteiger charge is -2.35. The van der Waals surface area contributed by atoms with Gasteiger partial charge >= 0.3 is 6.18 Å². The molecular formula is C19H28F3N7O. The fourth-order valence-corrected chi connectivity index (χ4v) is 3.62. The molecule has 0 bridgehead atoms. The quantitative estimate of drug-likeness (QED) is 0.732. The van der Waals surface area contributed by atoms with Crippen molar-refractivity contribution in [1.29, 1.82) is 0 Å². The van der Waals surface area contributed by atoms with Gasteiger partial charge in [0, 0.05) is 37.9 Å². The van der Waals surface area contributed by atoms with Gasteiger partial charge in [0.1, 0.15) is 11.4 Å². The van der Waals surface area contributed by atoms with Crippen LogP contribution in [-0.4, -0.2) is 64.0 Å². The molecule has 1 fully saturated rings. The molecule has 11 heteroatoms. The molecule has 1 aliphatic rings. The number of ether oxygens (including phenoxy) is 1. The Morgan fingerprint density at radius 2 is 1.87 bits per heavy atom. The van der Waals surface area contributed by atoms with Crippen LogP contribution in [0.5, 0.6) is 0 Å². The maximum atomic E-state index is 13.9. The minimum absolute atomic E-state index is 0.228. The van der Waals surface area contributed by atoms with E-state index in [0.29, 0.717) is 25.5 Å². The van der Waals surface area contributed by atoms with E-state index in [9.17, 15) is 13.2 Å². The topological polar surface area (TPSA) is 94.1 Å². The van der Waals surface area contributed by atoms with Gasteiger partial charge in [-0.1, -0.05) is 0 Å². The molecule has 3 rings (SSSR count). The molecule has 0 aromatic carbocycles. The van der Waals surface area contributed by atoms with Gasteiger partial charge in [0.05, 0.1) is 30.1 Å². The second-order valence-corrected chi connectivity index (χ2v) is 7.96. The number of aryl methyl sites for hydroxylation is 1. The monoisotopic (exact) mass is 427 g/mol.